The standard InChI is InChI=1S/C12H14F3NO4/c1-8(17)10-7-9(16(18)19)3-4-11(10)20-6-2-5-12(13,14)15/h3-4,7-8,17H,2,5-6H2,1H3/t8-/m0/s1. The van der Waals surface area contributed by atoms with Crippen molar-refractivity contribution >= 4 is 5.69 Å². The molecule has 5 nitrogen and oxygen atoms in total. The fraction of sp³-hybridized carbons (Fsp3) is 0.500. The van der Waals surface area contributed by atoms with E-state index >= 15 is 0 Å². The molecule has 0 aromatic heterocycles. The van der Waals surface area contributed by atoms with Crippen LogP contribution in [0.5, 0.6) is 5.75 Å². The Hall–Kier alpha value is -1.83. The Kier molecular flexibility index (Phi) is 5.32. The molecule has 1 rings (SSSR count). The SMILES string of the molecule is C[C@H](O)c1cc([N+](=O)[O-])ccc1OCCCC(F)(F)F. The summed E-state index contributed by atoms with van der Waals surface area (Å²) in [7, 11) is 0. The Morgan fingerprint density at radius 2 is 2.10 bits per heavy atom. The lowest BCUT2D eigenvalue weighted by Gasteiger charge is -2.13. The number of aliphatic hydroxyl groups excluding tert-OH is 1. The third kappa shape index (κ3) is 5.04. The first-order valence-corrected chi connectivity index (χ1v) is 5.86. The minimum Gasteiger partial charge on any atom is -0.493 e. The number of hydrogen-bond acceptors (Lipinski definition) is 4. The van der Waals surface area contributed by atoms with Gasteiger partial charge in [-0.1, -0.05) is 0 Å². The Morgan fingerprint density at radius 1 is 1.45 bits per heavy atom. The maximum atomic E-state index is 12.0. The van der Waals surface area contributed by atoms with Gasteiger partial charge < -0.3 is 9.84 Å². The number of aliphatic hydroxyl groups is 1. The first kappa shape index (κ1) is 16.2. The highest BCUT2D eigenvalue weighted by Crippen LogP contribution is 2.30. The summed E-state index contributed by atoms with van der Waals surface area (Å²) in [4.78, 5) is 9.99. The molecule has 0 fully saturated rings. The largest absolute Gasteiger partial charge is 0.493 e. The summed E-state index contributed by atoms with van der Waals surface area (Å²) in [5, 5.41) is 20.1. The first-order chi connectivity index (χ1) is 9.20. The molecule has 1 N–H and O–H groups in total. The van der Waals surface area contributed by atoms with Crippen molar-refractivity contribution in [2.75, 3.05) is 6.61 Å². The van der Waals surface area contributed by atoms with Crippen LogP contribution in [0.3, 0.4) is 0 Å². The molecule has 0 radical (unpaired) electrons. The summed E-state index contributed by atoms with van der Waals surface area (Å²) in [6.07, 6.45) is -6.46. The van der Waals surface area contributed by atoms with E-state index in [1.807, 2.05) is 0 Å². The lowest BCUT2D eigenvalue weighted by atomic mass is 10.1. The van der Waals surface area contributed by atoms with Gasteiger partial charge in [-0.15, -0.1) is 0 Å². The number of ether oxygens (including phenoxy) is 1. The van der Waals surface area contributed by atoms with Gasteiger partial charge in [0.2, 0.25) is 0 Å². The number of nitrogens with zero attached hydrogens (tertiary/aromatic N) is 1. The average Bonchev–Trinajstić information content (AvgIpc) is 2.33. The fourth-order valence-electron chi connectivity index (χ4n) is 1.56. The summed E-state index contributed by atoms with van der Waals surface area (Å²) in [6, 6.07) is 3.59. The molecule has 1 aromatic rings. The molecule has 0 aliphatic rings. The summed E-state index contributed by atoms with van der Waals surface area (Å²) in [5.41, 5.74) is -0.0465. The van der Waals surface area contributed by atoms with Gasteiger partial charge >= 0.3 is 6.18 Å². The zero-order valence-corrected chi connectivity index (χ0v) is 10.7. The van der Waals surface area contributed by atoms with Gasteiger partial charge in [0.25, 0.3) is 5.69 Å². The summed E-state index contributed by atoms with van der Waals surface area (Å²) in [5.74, 6) is 0.146. The van der Waals surface area contributed by atoms with Crippen LogP contribution in [-0.2, 0) is 0 Å². The van der Waals surface area contributed by atoms with Crippen molar-refractivity contribution in [3.05, 3.63) is 33.9 Å². The Balaban J connectivity index is 2.72. The first-order valence-electron chi connectivity index (χ1n) is 5.86. The lowest BCUT2D eigenvalue weighted by molar-refractivity contribution is -0.385. The van der Waals surface area contributed by atoms with Crippen molar-refractivity contribution in [3.63, 3.8) is 0 Å². The molecule has 0 heterocycles. The van der Waals surface area contributed by atoms with Crippen molar-refractivity contribution in [2.24, 2.45) is 0 Å². The van der Waals surface area contributed by atoms with Crippen LogP contribution >= 0.6 is 0 Å². The second kappa shape index (κ2) is 6.56. The number of hydrogen-bond donors (Lipinski definition) is 1. The Labute approximate surface area is 113 Å². The van der Waals surface area contributed by atoms with E-state index in [2.05, 4.69) is 0 Å². The number of alkyl halides is 3. The smallest absolute Gasteiger partial charge is 0.389 e. The topological polar surface area (TPSA) is 72.6 Å². The number of benzene rings is 1. The van der Waals surface area contributed by atoms with Gasteiger partial charge in [0, 0.05) is 24.1 Å². The quantitative estimate of drug-likeness (QED) is 0.496. The van der Waals surface area contributed by atoms with E-state index in [1.54, 1.807) is 0 Å². The second-order valence-electron chi connectivity index (χ2n) is 4.22. The van der Waals surface area contributed by atoms with Crippen molar-refractivity contribution in [1.29, 1.82) is 0 Å². The third-order valence-corrected chi connectivity index (χ3v) is 2.52. The third-order valence-electron chi connectivity index (χ3n) is 2.52. The minimum atomic E-state index is -4.24. The van der Waals surface area contributed by atoms with Crippen LogP contribution in [0.25, 0.3) is 0 Å². The summed E-state index contributed by atoms with van der Waals surface area (Å²) in [6.45, 7) is 1.21. The molecule has 8 heteroatoms. The predicted molar refractivity (Wildman–Crippen MR) is 64.5 cm³/mol. The van der Waals surface area contributed by atoms with E-state index in [0.717, 1.165) is 6.07 Å². The highest BCUT2D eigenvalue weighted by atomic mass is 19.4. The number of nitro benzene ring substituents is 1. The molecule has 0 aliphatic heterocycles. The van der Waals surface area contributed by atoms with E-state index in [4.69, 9.17) is 4.74 Å². The van der Waals surface area contributed by atoms with Gasteiger partial charge in [-0.05, 0) is 19.4 Å². The van der Waals surface area contributed by atoms with Gasteiger partial charge in [-0.3, -0.25) is 10.1 Å². The van der Waals surface area contributed by atoms with Gasteiger partial charge in [0.05, 0.1) is 17.6 Å². The summed E-state index contributed by atoms with van der Waals surface area (Å²) >= 11 is 0. The van der Waals surface area contributed by atoms with Gasteiger partial charge in [0.15, 0.2) is 0 Å². The number of halogens is 3. The molecule has 0 saturated heterocycles. The molecule has 0 amide bonds. The fourth-order valence-corrected chi connectivity index (χ4v) is 1.56. The predicted octanol–water partition coefficient (Wildman–Crippen LogP) is 3.37. The monoisotopic (exact) mass is 293 g/mol. The highest BCUT2D eigenvalue weighted by Gasteiger charge is 2.26. The van der Waals surface area contributed by atoms with E-state index in [9.17, 15) is 28.4 Å². The van der Waals surface area contributed by atoms with E-state index in [0.29, 0.717) is 0 Å². The molecule has 0 aliphatic carbocycles. The highest BCUT2D eigenvalue weighted by molar-refractivity contribution is 5.44. The van der Waals surface area contributed by atoms with Crippen LogP contribution in [0.1, 0.15) is 31.4 Å². The van der Waals surface area contributed by atoms with Crippen molar-refractivity contribution < 1.29 is 27.9 Å². The Morgan fingerprint density at radius 3 is 2.60 bits per heavy atom. The zero-order chi connectivity index (χ0) is 15.3. The maximum absolute atomic E-state index is 12.0. The minimum absolute atomic E-state index is 0.146. The second-order valence-corrected chi connectivity index (χ2v) is 4.22. The van der Waals surface area contributed by atoms with Crippen LogP contribution in [0, 0.1) is 10.1 Å². The molecule has 20 heavy (non-hydrogen) atoms. The van der Waals surface area contributed by atoms with Gasteiger partial charge in [-0.2, -0.15) is 13.2 Å². The van der Waals surface area contributed by atoms with Crippen molar-refractivity contribution in [3.8, 4) is 5.75 Å². The molecule has 0 saturated carbocycles. The van der Waals surface area contributed by atoms with Crippen LogP contribution in [-0.4, -0.2) is 22.8 Å². The molecule has 112 valence electrons. The van der Waals surface area contributed by atoms with Crippen molar-refractivity contribution in [2.45, 2.75) is 32.0 Å². The summed E-state index contributed by atoms with van der Waals surface area (Å²) < 4.78 is 41.0. The van der Waals surface area contributed by atoms with Gasteiger partial charge in [-0.25, -0.2) is 0 Å². The molecular formula is C12H14F3NO4. The number of rotatable bonds is 6. The van der Waals surface area contributed by atoms with Crippen molar-refractivity contribution in [1.82, 2.24) is 0 Å². The lowest BCUT2D eigenvalue weighted by Crippen LogP contribution is -2.10. The molecule has 1 aromatic carbocycles. The number of nitro groups is 1. The Bertz CT molecular complexity index is 474. The van der Waals surface area contributed by atoms with Crippen LogP contribution in [0.15, 0.2) is 18.2 Å². The van der Waals surface area contributed by atoms with Gasteiger partial charge in [0.1, 0.15) is 5.75 Å². The number of non-ortho nitro benzene ring substituents is 1. The molecule has 0 unspecified atom stereocenters. The van der Waals surface area contributed by atoms with E-state index in [1.165, 1.54) is 19.1 Å². The maximum Gasteiger partial charge on any atom is 0.389 e. The molecular weight excluding hydrogens is 279 g/mol. The average molecular weight is 293 g/mol. The van der Waals surface area contributed by atoms with E-state index < -0.39 is 23.6 Å². The molecule has 1 atom stereocenters. The van der Waals surface area contributed by atoms with E-state index in [-0.39, 0.29) is 30.0 Å². The molecule has 0 bridgehead atoms. The van der Waals surface area contributed by atoms with Crippen LogP contribution < -0.4 is 4.74 Å². The zero-order valence-electron chi connectivity index (χ0n) is 10.7. The molecule has 0 spiro atoms. The van der Waals surface area contributed by atoms with Crippen LogP contribution in [0.2, 0.25) is 0 Å². The normalized spacial score (nSPS) is 13.1. The van der Waals surface area contributed by atoms with Crippen LogP contribution in [0.4, 0.5) is 18.9 Å².